The number of para-hydroxylation sites is 2. The summed E-state index contributed by atoms with van der Waals surface area (Å²) >= 11 is 0. The normalized spacial score (nSPS) is 10.7. The van der Waals surface area contributed by atoms with Gasteiger partial charge in [0.1, 0.15) is 6.54 Å². The summed E-state index contributed by atoms with van der Waals surface area (Å²) in [5, 5.41) is 2.58. The first-order valence-corrected chi connectivity index (χ1v) is 8.75. The van der Waals surface area contributed by atoms with Crippen molar-refractivity contribution in [1.29, 1.82) is 0 Å². The van der Waals surface area contributed by atoms with Crippen molar-refractivity contribution in [3.63, 3.8) is 0 Å². The van der Waals surface area contributed by atoms with E-state index in [0.29, 0.717) is 24.2 Å². The maximum absolute atomic E-state index is 12.4. The van der Waals surface area contributed by atoms with E-state index >= 15 is 0 Å². The van der Waals surface area contributed by atoms with Crippen LogP contribution in [0.2, 0.25) is 0 Å². The molecule has 27 heavy (non-hydrogen) atoms. The first kappa shape index (κ1) is 18.4. The molecule has 2 aromatic carbocycles. The SMILES string of the molecule is CCN(Cc1ccccc1)C(=O)CNC(=O)Cn1c(=O)oc2ccccc21. The number of rotatable bonds is 7. The molecule has 0 unspecified atom stereocenters. The maximum Gasteiger partial charge on any atom is 0.420 e. The number of likely N-dealkylation sites (N-methyl/N-ethyl adjacent to an activating group) is 1. The van der Waals surface area contributed by atoms with E-state index in [9.17, 15) is 14.4 Å². The van der Waals surface area contributed by atoms with E-state index in [1.165, 1.54) is 4.57 Å². The predicted octanol–water partition coefficient (Wildman–Crippen LogP) is 1.76. The molecular formula is C20H21N3O4. The lowest BCUT2D eigenvalue weighted by Gasteiger charge is -2.21. The van der Waals surface area contributed by atoms with Gasteiger partial charge in [-0.3, -0.25) is 14.2 Å². The third-order valence-corrected chi connectivity index (χ3v) is 4.26. The molecule has 1 aromatic heterocycles. The van der Waals surface area contributed by atoms with Crippen molar-refractivity contribution >= 4 is 22.9 Å². The van der Waals surface area contributed by atoms with Gasteiger partial charge in [-0.05, 0) is 24.6 Å². The molecule has 7 heteroatoms. The minimum Gasteiger partial charge on any atom is -0.408 e. The zero-order chi connectivity index (χ0) is 19.2. The number of carbonyl (C=O) groups is 2. The van der Waals surface area contributed by atoms with Gasteiger partial charge in [0.05, 0.1) is 12.1 Å². The topological polar surface area (TPSA) is 84.5 Å². The smallest absolute Gasteiger partial charge is 0.408 e. The second-order valence-corrected chi connectivity index (χ2v) is 6.09. The molecule has 140 valence electrons. The average molecular weight is 367 g/mol. The first-order valence-electron chi connectivity index (χ1n) is 8.75. The van der Waals surface area contributed by atoms with Crippen molar-refractivity contribution in [2.75, 3.05) is 13.1 Å². The number of hydrogen-bond donors (Lipinski definition) is 1. The first-order chi connectivity index (χ1) is 13.1. The van der Waals surface area contributed by atoms with E-state index in [1.807, 2.05) is 37.3 Å². The molecule has 0 fully saturated rings. The second kappa shape index (κ2) is 8.35. The van der Waals surface area contributed by atoms with Crippen molar-refractivity contribution in [3.8, 4) is 0 Å². The van der Waals surface area contributed by atoms with Gasteiger partial charge in [-0.25, -0.2) is 4.79 Å². The quantitative estimate of drug-likeness (QED) is 0.690. The molecule has 1 heterocycles. The fourth-order valence-electron chi connectivity index (χ4n) is 2.83. The van der Waals surface area contributed by atoms with Gasteiger partial charge in [0, 0.05) is 13.1 Å². The molecular weight excluding hydrogens is 346 g/mol. The van der Waals surface area contributed by atoms with Gasteiger partial charge in [-0.1, -0.05) is 42.5 Å². The van der Waals surface area contributed by atoms with Crippen LogP contribution in [0.25, 0.3) is 11.1 Å². The van der Waals surface area contributed by atoms with Crippen molar-refractivity contribution in [1.82, 2.24) is 14.8 Å². The fraction of sp³-hybridized carbons (Fsp3) is 0.250. The van der Waals surface area contributed by atoms with Crippen LogP contribution in [0, 0.1) is 0 Å². The van der Waals surface area contributed by atoms with Gasteiger partial charge >= 0.3 is 5.76 Å². The molecule has 0 radical (unpaired) electrons. The van der Waals surface area contributed by atoms with Crippen LogP contribution >= 0.6 is 0 Å². The Hall–Kier alpha value is -3.35. The van der Waals surface area contributed by atoms with E-state index in [4.69, 9.17) is 4.42 Å². The van der Waals surface area contributed by atoms with E-state index in [0.717, 1.165) is 5.56 Å². The van der Waals surface area contributed by atoms with Gasteiger partial charge in [0.15, 0.2) is 5.58 Å². The highest BCUT2D eigenvalue weighted by molar-refractivity contribution is 5.85. The summed E-state index contributed by atoms with van der Waals surface area (Å²) in [4.78, 5) is 38.2. The molecule has 0 saturated carbocycles. The highest BCUT2D eigenvalue weighted by Gasteiger charge is 2.15. The highest BCUT2D eigenvalue weighted by atomic mass is 16.4. The lowest BCUT2D eigenvalue weighted by molar-refractivity contribution is -0.133. The summed E-state index contributed by atoms with van der Waals surface area (Å²) in [7, 11) is 0. The van der Waals surface area contributed by atoms with Crippen molar-refractivity contribution < 1.29 is 14.0 Å². The van der Waals surface area contributed by atoms with Crippen LogP contribution in [0.1, 0.15) is 12.5 Å². The van der Waals surface area contributed by atoms with Crippen LogP contribution < -0.4 is 11.1 Å². The Bertz CT molecular complexity index is 991. The molecule has 0 bridgehead atoms. The van der Waals surface area contributed by atoms with Gasteiger partial charge in [0.25, 0.3) is 0 Å². The minimum atomic E-state index is -0.600. The number of nitrogens with zero attached hydrogens (tertiary/aromatic N) is 2. The molecule has 0 aliphatic rings. The number of fused-ring (bicyclic) bond motifs is 1. The van der Waals surface area contributed by atoms with Crippen LogP contribution in [-0.2, 0) is 22.7 Å². The Labute approximate surface area is 156 Å². The zero-order valence-electron chi connectivity index (χ0n) is 15.1. The minimum absolute atomic E-state index is 0.121. The number of carbonyl (C=O) groups excluding carboxylic acids is 2. The Morgan fingerprint density at radius 1 is 1.07 bits per heavy atom. The number of oxazole rings is 1. The molecule has 0 atom stereocenters. The Morgan fingerprint density at radius 2 is 1.78 bits per heavy atom. The average Bonchev–Trinajstić information content (AvgIpc) is 3.00. The summed E-state index contributed by atoms with van der Waals surface area (Å²) < 4.78 is 6.35. The Kier molecular flexibility index (Phi) is 5.71. The summed E-state index contributed by atoms with van der Waals surface area (Å²) in [5.74, 6) is -1.20. The van der Waals surface area contributed by atoms with Crippen LogP contribution in [-0.4, -0.2) is 34.4 Å². The van der Waals surface area contributed by atoms with Crippen LogP contribution in [0.5, 0.6) is 0 Å². The van der Waals surface area contributed by atoms with Crippen LogP contribution in [0.4, 0.5) is 0 Å². The van der Waals surface area contributed by atoms with Gasteiger partial charge < -0.3 is 14.6 Å². The molecule has 3 rings (SSSR count). The fourth-order valence-corrected chi connectivity index (χ4v) is 2.83. The van der Waals surface area contributed by atoms with Crippen LogP contribution in [0.3, 0.4) is 0 Å². The molecule has 2 amide bonds. The third-order valence-electron chi connectivity index (χ3n) is 4.26. The Morgan fingerprint density at radius 3 is 2.52 bits per heavy atom. The maximum atomic E-state index is 12.4. The molecule has 0 saturated heterocycles. The molecule has 0 aliphatic heterocycles. The van der Waals surface area contributed by atoms with E-state index < -0.39 is 11.7 Å². The van der Waals surface area contributed by atoms with Gasteiger partial charge in [0.2, 0.25) is 11.8 Å². The van der Waals surface area contributed by atoms with E-state index in [1.54, 1.807) is 29.2 Å². The number of aromatic nitrogens is 1. The van der Waals surface area contributed by atoms with Gasteiger partial charge in [-0.15, -0.1) is 0 Å². The molecule has 7 nitrogen and oxygen atoms in total. The lowest BCUT2D eigenvalue weighted by atomic mass is 10.2. The van der Waals surface area contributed by atoms with Gasteiger partial charge in [-0.2, -0.15) is 0 Å². The second-order valence-electron chi connectivity index (χ2n) is 6.09. The largest absolute Gasteiger partial charge is 0.420 e. The predicted molar refractivity (Wildman–Crippen MR) is 101 cm³/mol. The van der Waals surface area contributed by atoms with E-state index in [-0.39, 0.29) is 19.0 Å². The summed E-state index contributed by atoms with van der Waals surface area (Å²) in [5.41, 5.74) is 1.99. The number of benzene rings is 2. The standard InChI is InChI=1S/C20H21N3O4/c1-2-22(13-15-8-4-3-5-9-15)19(25)12-21-18(24)14-23-16-10-6-7-11-17(16)27-20(23)26/h3-11H,2,12-14H2,1H3,(H,21,24). The highest BCUT2D eigenvalue weighted by Crippen LogP contribution is 2.11. The summed E-state index contributed by atoms with van der Waals surface area (Å²) in [6.07, 6.45) is 0. The van der Waals surface area contributed by atoms with Crippen LogP contribution in [0.15, 0.2) is 63.8 Å². The molecule has 1 N–H and O–H groups in total. The molecule has 0 aliphatic carbocycles. The number of hydrogen-bond acceptors (Lipinski definition) is 4. The van der Waals surface area contributed by atoms with Crippen molar-refractivity contribution in [2.24, 2.45) is 0 Å². The summed E-state index contributed by atoms with van der Waals surface area (Å²) in [6, 6.07) is 16.5. The Balaban J connectivity index is 1.58. The molecule has 3 aromatic rings. The molecule has 0 spiro atoms. The number of nitrogens with one attached hydrogen (secondary N) is 1. The third kappa shape index (κ3) is 4.44. The van der Waals surface area contributed by atoms with Crippen molar-refractivity contribution in [2.45, 2.75) is 20.0 Å². The number of amides is 2. The van der Waals surface area contributed by atoms with E-state index in [2.05, 4.69) is 5.32 Å². The summed E-state index contributed by atoms with van der Waals surface area (Å²) in [6.45, 7) is 2.59. The lowest BCUT2D eigenvalue weighted by Crippen LogP contribution is -2.41. The van der Waals surface area contributed by atoms with Crippen molar-refractivity contribution in [3.05, 3.63) is 70.7 Å². The monoisotopic (exact) mass is 367 g/mol. The zero-order valence-corrected chi connectivity index (χ0v) is 15.1.